The van der Waals surface area contributed by atoms with Gasteiger partial charge in [-0.25, -0.2) is 0 Å². The van der Waals surface area contributed by atoms with Gasteiger partial charge in [-0.3, -0.25) is 0 Å². The van der Waals surface area contributed by atoms with E-state index in [0.29, 0.717) is 11.6 Å². The maximum Gasteiger partial charge on any atom is 0.119 e. The molecule has 0 N–H and O–H groups in total. The summed E-state index contributed by atoms with van der Waals surface area (Å²) in [4.78, 5) is 0. The van der Waals surface area contributed by atoms with Crippen molar-refractivity contribution in [3.8, 4) is 11.8 Å². The van der Waals surface area contributed by atoms with Gasteiger partial charge in [0.1, 0.15) is 5.75 Å². The summed E-state index contributed by atoms with van der Waals surface area (Å²) >= 11 is 5.98. The van der Waals surface area contributed by atoms with E-state index in [-0.39, 0.29) is 5.92 Å². The van der Waals surface area contributed by atoms with Gasteiger partial charge >= 0.3 is 0 Å². The Morgan fingerprint density at radius 2 is 1.95 bits per heavy atom. The molecule has 2 aromatic rings. The van der Waals surface area contributed by atoms with Gasteiger partial charge in [0, 0.05) is 5.02 Å². The van der Waals surface area contributed by atoms with Gasteiger partial charge in [0.05, 0.1) is 18.6 Å². The van der Waals surface area contributed by atoms with Crippen molar-refractivity contribution < 1.29 is 4.74 Å². The first-order valence-electron chi connectivity index (χ1n) is 7.59. The summed E-state index contributed by atoms with van der Waals surface area (Å²) in [5.74, 6) is 0.748. The number of rotatable bonds is 7. The largest absolute Gasteiger partial charge is 0.494 e. The Hall–Kier alpha value is -1.98. The van der Waals surface area contributed by atoms with Crippen LogP contribution in [0, 0.1) is 11.3 Å². The van der Waals surface area contributed by atoms with E-state index >= 15 is 0 Å². The standard InChI is InChI=1S/C19H20ClNO/c1-2-15-8-10-19(11-9-15)22-12-4-6-17(14-21)16-5-3-7-18(20)13-16/h3,5,7-11,13,17H,2,4,6,12H2,1H3. The minimum absolute atomic E-state index is 0.134. The van der Waals surface area contributed by atoms with Crippen molar-refractivity contribution in [2.75, 3.05) is 6.61 Å². The Kier molecular flexibility index (Phi) is 6.30. The maximum atomic E-state index is 9.31. The summed E-state index contributed by atoms with van der Waals surface area (Å²) in [7, 11) is 0. The zero-order valence-electron chi connectivity index (χ0n) is 12.8. The summed E-state index contributed by atoms with van der Waals surface area (Å²) in [5.41, 5.74) is 2.28. The normalized spacial score (nSPS) is 11.7. The van der Waals surface area contributed by atoms with Crippen LogP contribution in [0.2, 0.25) is 5.02 Å². The lowest BCUT2D eigenvalue weighted by molar-refractivity contribution is 0.305. The fourth-order valence-corrected chi connectivity index (χ4v) is 2.53. The number of benzene rings is 2. The van der Waals surface area contributed by atoms with E-state index in [0.717, 1.165) is 30.6 Å². The molecule has 0 fully saturated rings. The molecular weight excluding hydrogens is 294 g/mol. The Labute approximate surface area is 137 Å². The molecule has 1 unspecified atom stereocenters. The zero-order valence-corrected chi connectivity index (χ0v) is 13.5. The van der Waals surface area contributed by atoms with Crippen molar-refractivity contribution in [2.24, 2.45) is 0 Å². The second-order valence-electron chi connectivity index (χ2n) is 5.22. The topological polar surface area (TPSA) is 33.0 Å². The van der Waals surface area contributed by atoms with E-state index in [1.54, 1.807) is 0 Å². The second kappa shape index (κ2) is 8.46. The number of hydrogen-bond acceptors (Lipinski definition) is 2. The predicted octanol–water partition coefficient (Wildman–Crippen LogP) is 5.37. The van der Waals surface area contributed by atoms with Crippen LogP contribution in [0.1, 0.15) is 36.8 Å². The maximum absolute atomic E-state index is 9.31. The van der Waals surface area contributed by atoms with E-state index in [4.69, 9.17) is 16.3 Å². The smallest absolute Gasteiger partial charge is 0.119 e. The van der Waals surface area contributed by atoms with Crippen molar-refractivity contribution >= 4 is 11.6 Å². The number of ether oxygens (including phenoxy) is 1. The van der Waals surface area contributed by atoms with Crippen LogP contribution in [0.3, 0.4) is 0 Å². The van der Waals surface area contributed by atoms with E-state index in [1.807, 2.05) is 36.4 Å². The fourth-order valence-electron chi connectivity index (χ4n) is 2.33. The van der Waals surface area contributed by atoms with Crippen molar-refractivity contribution in [3.05, 3.63) is 64.7 Å². The number of aryl methyl sites for hydroxylation is 1. The molecule has 1 atom stereocenters. The number of hydrogen-bond donors (Lipinski definition) is 0. The van der Waals surface area contributed by atoms with Crippen LogP contribution in [0.15, 0.2) is 48.5 Å². The highest BCUT2D eigenvalue weighted by atomic mass is 35.5. The number of nitriles is 1. The van der Waals surface area contributed by atoms with E-state index in [1.165, 1.54) is 5.56 Å². The highest BCUT2D eigenvalue weighted by Crippen LogP contribution is 2.23. The molecule has 0 aliphatic carbocycles. The first-order chi connectivity index (χ1) is 10.7. The van der Waals surface area contributed by atoms with Crippen molar-refractivity contribution in [1.29, 1.82) is 5.26 Å². The number of nitrogens with zero attached hydrogens (tertiary/aromatic N) is 1. The monoisotopic (exact) mass is 313 g/mol. The Morgan fingerprint density at radius 3 is 2.59 bits per heavy atom. The fraction of sp³-hybridized carbons (Fsp3) is 0.316. The highest BCUT2D eigenvalue weighted by molar-refractivity contribution is 6.30. The lowest BCUT2D eigenvalue weighted by Gasteiger charge is -2.11. The predicted molar refractivity (Wildman–Crippen MR) is 90.4 cm³/mol. The van der Waals surface area contributed by atoms with Gasteiger partial charge in [-0.05, 0) is 54.7 Å². The molecule has 0 saturated heterocycles. The van der Waals surface area contributed by atoms with E-state index < -0.39 is 0 Å². The Bertz CT molecular complexity index is 631. The molecule has 22 heavy (non-hydrogen) atoms. The summed E-state index contributed by atoms with van der Waals surface area (Å²) in [6.07, 6.45) is 2.63. The zero-order chi connectivity index (χ0) is 15.8. The minimum atomic E-state index is -0.134. The minimum Gasteiger partial charge on any atom is -0.494 e. The van der Waals surface area contributed by atoms with Gasteiger partial charge in [0.25, 0.3) is 0 Å². The quantitative estimate of drug-likeness (QED) is 0.644. The van der Waals surface area contributed by atoms with Gasteiger partial charge in [0.15, 0.2) is 0 Å². The van der Waals surface area contributed by atoms with Gasteiger partial charge < -0.3 is 4.74 Å². The van der Waals surface area contributed by atoms with Crippen LogP contribution in [0.5, 0.6) is 5.75 Å². The van der Waals surface area contributed by atoms with Crippen LogP contribution < -0.4 is 4.74 Å². The molecule has 3 heteroatoms. The van der Waals surface area contributed by atoms with Crippen LogP contribution in [0.25, 0.3) is 0 Å². The van der Waals surface area contributed by atoms with Crippen LogP contribution >= 0.6 is 11.6 Å². The van der Waals surface area contributed by atoms with Crippen LogP contribution in [0.4, 0.5) is 0 Å². The molecule has 0 heterocycles. The van der Waals surface area contributed by atoms with Crippen LogP contribution in [-0.4, -0.2) is 6.61 Å². The molecular formula is C19H20ClNO. The molecule has 0 aliphatic rings. The van der Waals surface area contributed by atoms with Gasteiger partial charge in [-0.15, -0.1) is 0 Å². The SMILES string of the molecule is CCc1ccc(OCCCC(C#N)c2cccc(Cl)c2)cc1. The summed E-state index contributed by atoms with van der Waals surface area (Å²) in [5, 5.41) is 9.98. The highest BCUT2D eigenvalue weighted by Gasteiger charge is 2.10. The first kappa shape index (κ1) is 16.4. The molecule has 0 aromatic heterocycles. The van der Waals surface area contributed by atoms with Crippen molar-refractivity contribution in [1.82, 2.24) is 0 Å². The molecule has 0 radical (unpaired) electrons. The third-order valence-corrected chi connectivity index (χ3v) is 3.88. The molecule has 2 aromatic carbocycles. The summed E-state index contributed by atoms with van der Waals surface area (Å²) < 4.78 is 5.72. The molecule has 0 saturated carbocycles. The third-order valence-electron chi connectivity index (χ3n) is 3.64. The Balaban J connectivity index is 1.80. The van der Waals surface area contributed by atoms with Gasteiger partial charge in [0.2, 0.25) is 0 Å². The van der Waals surface area contributed by atoms with E-state index in [9.17, 15) is 5.26 Å². The first-order valence-corrected chi connectivity index (χ1v) is 7.97. The number of halogens is 1. The summed E-state index contributed by atoms with van der Waals surface area (Å²) in [6, 6.07) is 18.0. The lowest BCUT2D eigenvalue weighted by atomic mass is 9.96. The second-order valence-corrected chi connectivity index (χ2v) is 5.66. The van der Waals surface area contributed by atoms with Gasteiger partial charge in [-0.1, -0.05) is 42.8 Å². The lowest BCUT2D eigenvalue weighted by Crippen LogP contribution is -2.02. The van der Waals surface area contributed by atoms with Crippen LogP contribution in [-0.2, 0) is 6.42 Å². The molecule has 2 rings (SSSR count). The summed E-state index contributed by atoms with van der Waals surface area (Å²) in [6.45, 7) is 2.75. The molecule has 0 aliphatic heterocycles. The van der Waals surface area contributed by atoms with Crippen molar-refractivity contribution in [2.45, 2.75) is 32.1 Å². The molecule has 0 bridgehead atoms. The molecule has 0 spiro atoms. The average Bonchev–Trinajstić information content (AvgIpc) is 2.55. The van der Waals surface area contributed by atoms with Crippen molar-refractivity contribution in [3.63, 3.8) is 0 Å². The Morgan fingerprint density at radius 1 is 1.18 bits per heavy atom. The van der Waals surface area contributed by atoms with E-state index in [2.05, 4.69) is 25.1 Å². The molecule has 2 nitrogen and oxygen atoms in total. The molecule has 0 amide bonds. The van der Waals surface area contributed by atoms with Gasteiger partial charge in [-0.2, -0.15) is 5.26 Å². The average molecular weight is 314 g/mol. The third kappa shape index (κ3) is 4.79. The molecule has 114 valence electrons.